The van der Waals surface area contributed by atoms with Crippen LogP contribution in [0.1, 0.15) is 48.9 Å². The van der Waals surface area contributed by atoms with Gasteiger partial charge in [-0.3, -0.25) is 4.79 Å². The van der Waals surface area contributed by atoms with Gasteiger partial charge in [0.25, 0.3) is 5.91 Å². The van der Waals surface area contributed by atoms with Crippen molar-refractivity contribution in [2.45, 2.75) is 44.1 Å². The van der Waals surface area contributed by atoms with Gasteiger partial charge in [0.05, 0.1) is 5.60 Å². The van der Waals surface area contributed by atoms with Crippen molar-refractivity contribution in [3.8, 4) is 0 Å². The van der Waals surface area contributed by atoms with E-state index >= 15 is 0 Å². The lowest BCUT2D eigenvalue weighted by molar-refractivity contribution is 0.0246. The SMILES string of the molecule is Nc1ccc(C(=O)NCC2(O)CCCCCC2)cc1Br. The molecule has 0 radical (unpaired) electrons. The Balaban J connectivity index is 1.95. The Morgan fingerprint density at radius 3 is 2.55 bits per heavy atom. The molecule has 1 amide bonds. The lowest BCUT2D eigenvalue weighted by Crippen LogP contribution is -2.42. The van der Waals surface area contributed by atoms with E-state index in [1.807, 2.05) is 0 Å². The molecular formula is C15H21BrN2O2. The molecule has 0 spiro atoms. The predicted molar refractivity (Wildman–Crippen MR) is 83.5 cm³/mol. The molecule has 1 fully saturated rings. The van der Waals surface area contributed by atoms with Crippen LogP contribution in [0.2, 0.25) is 0 Å². The maximum Gasteiger partial charge on any atom is 0.251 e. The van der Waals surface area contributed by atoms with Crippen LogP contribution in [0.5, 0.6) is 0 Å². The van der Waals surface area contributed by atoms with Gasteiger partial charge < -0.3 is 16.2 Å². The lowest BCUT2D eigenvalue weighted by Gasteiger charge is -2.26. The number of nitrogen functional groups attached to an aromatic ring is 1. The highest BCUT2D eigenvalue weighted by atomic mass is 79.9. The summed E-state index contributed by atoms with van der Waals surface area (Å²) >= 11 is 3.31. The lowest BCUT2D eigenvalue weighted by atomic mass is 9.94. The van der Waals surface area contributed by atoms with Crippen LogP contribution >= 0.6 is 15.9 Å². The zero-order valence-corrected chi connectivity index (χ0v) is 13.1. The van der Waals surface area contributed by atoms with E-state index in [9.17, 15) is 9.90 Å². The fourth-order valence-corrected chi connectivity index (χ4v) is 2.96. The summed E-state index contributed by atoms with van der Waals surface area (Å²) in [7, 11) is 0. The van der Waals surface area contributed by atoms with Crippen LogP contribution in [-0.4, -0.2) is 23.2 Å². The molecule has 0 saturated heterocycles. The molecule has 4 N–H and O–H groups in total. The van der Waals surface area contributed by atoms with Gasteiger partial charge in [0.15, 0.2) is 0 Å². The van der Waals surface area contributed by atoms with Crippen LogP contribution in [0.4, 0.5) is 5.69 Å². The molecule has 0 aliphatic heterocycles. The Morgan fingerprint density at radius 1 is 1.30 bits per heavy atom. The summed E-state index contributed by atoms with van der Waals surface area (Å²) in [5.74, 6) is -0.177. The molecule has 0 heterocycles. The van der Waals surface area contributed by atoms with Crippen LogP contribution in [0.3, 0.4) is 0 Å². The van der Waals surface area contributed by atoms with Crippen molar-refractivity contribution in [2.75, 3.05) is 12.3 Å². The van der Waals surface area contributed by atoms with E-state index < -0.39 is 5.60 Å². The van der Waals surface area contributed by atoms with Crippen molar-refractivity contribution in [1.82, 2.24) is 5.32 Å². The number of hydrogen-bond donors (Lipinski definition) is 3. The normalized spacial score (nSPS) is 18.3. The summed E-state index contributed by atoms with van der Waals surface area (Å²) in [6.45, 7) is 0.313. The minimum absolute atomic E-state index is 0.177. The summed E-state index contributed by atoms with van der Waals surface area (Å²) in [5, 5.41) is 13.3. The van der Waals surface area contributed by atoms with Crippen molar-refractivity contribution in [1.29, 1.82) is 0 Å². The number of amides is 1. The summed E-state index contributed by atoms with van der Waals surface area (Å²) in [6, 6.07) is 5.08. The average molecular weight is 341 g/mol. The van der Waals surface area contributed by atoms with Gasteiger partial charge in [-0.25, -0.2) is 0 Å². The monoisotopic (exact) mass is 340 g/mol. The maximum absolute atomic E-state index is 12.1. The van der Waals surface area contributed by atoms with Crippen LogP contribution in [0.25, 0.3) is 0 Å². The van der Waals surface area contributed by atoms with E-state index in [0.29, 0.717) is 22.3 Å². The Labute approximate surface area is 127 Å². The molecule has 0 bridgehead atoms. The first kappa shape index (κ1) is 15.3. The Kier molecular flexibility index (Phi) is 5.05. The number of benzene rings is 1. The molecule has 5 heteroatoms. The molecule has 20 heavy (non-hydrogen) atoms. The Hall–Kier alpha value is -1.07. The van der Waals surface area contributed by atoms with E-state index in [1.54, 1.807) is 18.2 Å². The fraction of sp³-hybridized carbons (Fsp3) is 0.533. The van der Waals surface area contributed by atoms with E-state index in [2.05, 4.69) is 21.2 Å². The minimum atomic E-state index is -0.753. The molecule has 1 aliphatic rings. The first-order valence-corrected chi connectivity index (χ1v) is 7.85. The van der Waals surface area contributed by atoms with Crippen molar-refractivity contribution in [3.05, 3.63) is 28.2 Å². The first-order chi connectivity index (χ1) is 9.50. The van der Waals surface area contributed by atoms with Gasteiger partial charge in [-0.2, -0.15) is 0 Å². The van der Waals surface area contributed by atoms with Crippen molar-refractivity contribution in [2.24, 2.45) is 0 Å². The third-order valence-corrected chi connectivity index (χ3v) is 4.56. The van der Waals surface area contributed by atoms with Crippen molar-refractivity contribution >= 4 is 27.5 Å². The molecule has 0 aromatic heterocycles. The molecule has 0 unspecified atom stereocenters. The van der Waals surface area contributed by atoms with Crippen molar-refractivity contribution < 1.29 is 9.90 Å². The molecule has 110 valence electrons. The second-order valence-corrected chi connectivity index (χ2v) is 6.41. The van der Waals surface area contributed by atoms with Gasteiger partial charge in [-0.05, 0) is 47.0 Å². The van der Waals surface area contributed by atoms with Gasteiger partial charge in [0.2, 0.25) is 0 Å². The second kappa shape index (κ2) is 6.59. The standard InChI is InChI=1S/C15H21BrN2O2/c16-12-9-11(5-6-13(12)17)14(19)18-10-15(20)7-3-1-2-4-8-15/h5-6,9,20H,1-4,7-8,10,17H2,(H,18,19). The predicted octanol–water partition coefficient (Wildman–Crippen LogP) is 2.85. The van der Waals surface area contributed by atoms with Crippen LogP contribution in [0, 0.1) is 0 Å². The van der Waals surface area contributed by atoms with Gasteiger partial charge in [-0.1, -0.05) is 25.7 Å². The minimum Gasteiger partial charge on any atom is -0.398 e. The number of carbonyl (C=O) groups is 1. The highest BCUT2D eigenvalue weighted by Crippen LogP contribution is 2.26. The number of anilines is 1. The molecule has 2 rings (SSSR count). The van der Waals surface area contributed by atoms with Crippen LogP contribution in [-0.2, 0) is 0 Å². The molecule has 1 aromatic carbocycles. The smallest absolute Gasteiger partial charge is 0.251 e. The Morgan fingerprint density at radius 2 is 1.95 bits per heavy atom. The first-order valence-electron chi connectivity index (χ1n) is 7.06. The van der Waals surface area contributed by atoms with Gasteiger partial charge in [-0.15, -0.1) is 0 Å². The highest BCUT2D eigenvalue weighted by Gasteiger charge is 2.28. The quantitative estimate of drug-likeness (QED) is 0.585. The fourth-order valence-electron chi connectivity index (χ4n) is 2.58. The molecular weight excluding hydrogens is 320 g/mol. The number of halogens is 1. The second-order valence-electron chi connectivity index (χ2n) is 5.56. The molecule has 4 nitrogen and oxygen atoms in total. The topological polar surface area (TPSA) is 75.4 Å². The third kappa shape index (κ3) is 3.96. The van der Waals surface area contributed by atoms with Gasteiger partial charge in [0.1, 0.15) is 0 Å². The van der Waals surface area contributed by atoms with Gasteiger partial charge in [0, 0.05) is 22.3 Å². The number of nitrogens with one attached hydrogen (secondary N) is 1. The van der Waals surface area contributed by atoms with Crippen LogP contribution < -0.4 is 11.1 Å². The summed E-state index contributed by atoms with van der Waals surface area (Å²) < 4.78 is 0.707. The molecule has 1 aromatic rings. The highest BCUT2D eigenvalue weighted by molar-refractivity contribution is 9.10. The summed E-state index contributed by atoms with van der Waals surface area (Å²) in [6.07, 6.45) is 5.92. The average Bonchev–Trinajstić information content (AvgIpc) is 2.65. The summed E-state index contributed by atoms with van der Waals surface area (Å²) in [4.78, 5) is 12.1. The van der Waals surface area contributed by atoms with E-state index in [1.165, 1.54) is 12.8 Å². The van der Waals surface area contributed by atoms with Gasteiger partial charge >= 0.3 is 0 Å². The maximum atomic E-state index is 12.1. The summed E-state index contributed by atoms with van der Waals surface area (Å²) in [5.41, 5.74) is 6.09. The zero-order valence-electron chi connectivity index (χ0n) is 11.5. The molecule has 1 saturated carbocycles. The Bertz CT molecular complexity index is 483. The zero-order chi connectivity index (χ0) is 14.6. The molecule has 0 atom stereocenters. The number of rotatable bonds is 3. The van der Waals surface area contributed by atoms with E-state index in [4.69, 9.17) is 5.73 Å². The largest absolute Gasteiger partial charge is 0.398 e. The number of carbonyl (C=O) groups excluding carboxylic acids is 1. The van der Waals surface area contributed by atoms with E-state index in [0.717, 1.165) is 25.7 Å². The third-order valence-electron chi connectivity index (χ3n) is 3.87. The van der Waals surface area contributed by atoms with Crippen LogP contribution in [0.15, 0.2) is 22.7 Å². The number of nitrogens with two attached hydrogens (primary N) is 1. The number of hydrogen-bond acceptors (Lipinski definition) is 3. The number of aliphatic hydroxyl groups is 1. The molecule has 1 aliphatic carbocycles. The van der Waals surface area contributed by atoms with E-state index in [-0.39, 0.29) is 5.91 Å². The van der Waals surface area contributed by atoms with Crippen molar-refractivity contribution in [3.63, 3.8) is 0 Å².